The number of nitrogens with zero attached hydrogens (tertiary/aromatic N) is 2. The van der Waals surface area contributed by atoms with Gasteiger partial charge in [-0.25, -0.2) is 4.98 Å². The first kappa shape index (κ1) is 22.4. The Balaban J connectivity index is 1.50. The third-order valence-corrected chi connectivity index (χ3v) is 5.81. The maximum atomic E-state index is 12.5. The van der Waals surface area contributed by atoms with Crippen molar-refractivity contribution in [3.63, 3.8) is 0 Å². The van der Waals surface area contributed by atoms with E-state index in [9.17, 15) is 9.59 Å². The number of benzene rings is 3. The number of thioether (sulfide) groups is 1. The van der Waals surface area contributed by atoms with Gasteiger partial charge in [0, 0.05) is 11.3 Å². The second-order valence-electron chi connectivity index (χ2n) is 7.04. The van der Waals surface area contributed by atoms with Gasteiger partial charge < -0.3 is 9.47 Å². The van der Waals surface area contributed by atoms with Crippen LogP contribution in [-0.2, 0) is 4.79 Å². The molecule has 0 aliphatic carbocycles. The lowest BCUT2D eigenvalue weighted by Crippen LogP contribution is -2.31. The van der Waals surface area contributed by atoms with E-state index >= 15 is 0 Å². The predicted molar refractivity (Wildman–Crippen MR) is 128 cm³/mol. The number of imidazole rings is 1. The van der Waals surface area contributed by atoms with Crippen LogP contribution in [0.5, 0.6) is 11.5 Å². The Morgan fingerprint density at radius 3 is 2.36 bits per heavy atom. The quantitative estimate of drug-likeness (QED) is 0.390. The van der Waals surface area contributed by atoms with Crippen molar-refractivity contribution in [3.05, 3.63) is 78.4 Å². The zero-order chi connectivity index (χ0) is 23.2. The van der Waals surface area contributed by atoms with Gasteiger partial charge in [0.2, 0.25) is 5.91 Å². The van der Waals surface area contributed by atoms with Gasteiger partial charge in [-0.2, -0.15) is 0 Å². The summed E-state index contributed by atoms with van der Waals surface area (Å²) >= 11 is 1.27. The molecule has 0 aliphatic rings. The van der Waals surface area contributed by atoms with E-state index in [0.717, 1.165) is 22.5 Å². The summed E-state index contributed by atoms with van der Waals surface area (Å²) in [4.78, 5) is 29.5. The molecule has 0 radical (unpaired) electrons. The molecule has 1 heterocycles. The summed E-state index contributed by atoms with van der Waals surface area (Å²) in [5.74, 6) is 0.620. The Hall–Kier alpha value is -3.78. The number of aromatic nitrogens is 2. The van der Waals surface area contributed by atoms with Gasteiger partial charge >= 0.3 is 0 Å². The van der Waals surface area contributed by atoms with Crippen molar-refractivity contribution >= 4 is 34.6 Å². The number of carbonyl (C=O) groups is 2. The Labute approximate surface area is 195 Å². The second kappa shape index (κ2) is 10.2. The minimum atomic E-state index is -0.455. The highest BCUT2D eigenvalue weighted by molar-refractivity contribution is 7.99. The lowest BCUT2D eigenvalue weighted by molar-refractivity contribution is -0.117. The lowest BCUT2D eigenvalue weighted by Gasteiger charge is -2.10. The maximum Gasteiger partial charge on any atom is 0.257 e. The SMILES string of the molecule is CCOc1ccc(-n2c(SCC(=O)NC(=O)c3ccc(OC)cc3)nc3ccccc32)cc1. The van der Waals surface area contributed by atoms with Gasteiger partial charge in [0.1, 0.15) is 11.5 Å². The number of imide groups is 1. The fourth-order valence-electron chi connectivity index (χ4n) is 3.32. The predicted octanol–water partition coefficient (Wildman–Crippen LogP) is 4.48. The second-order valence-corrected chi connectivity index (χ2v) is 7.98. The van der Waals surface area contributed by atoms with E-state index in [4.69, 9.17) is 14.5 Å². The van der Waals surface area contributed by atoms with Crippen LogP contribution >= 0.6 is 11.8 Å². The molecule has 0 bridgehead atoms. The number of ether oxygens (including phenoxy) is 2. The molecular weight excluding hydrogens is 438 g/mol. The fourth-order valence-corrected chi connectivity index (χ4v) is 4.14. The number of rotatable bonds is 8. The number of hydrogen-bond donors (Lipinski definition) is 1. The van der Waals surface area contributed by atoms with E-state index < -0.39 is 11.8 Å². The molecule has 4 rings (SSSR count). The Bertz CT molecular complexity index is 1270. The van der Waals surface area contributed by atoms with Gasteiger partial charge in [0.05, 0.1) is 30.5 Å². The average Bonchev–Trinajstić information content (AvgIpc) is 3.22. The Morgan fingerprint density at radius 1 is 0.970 bits per heavy atom. The number of methoxy groups -OCH3 is 1. The molecule has 8 heteroatoms. The van der Waals surface area contributed by atoms with Gasteiger partial charge in [-0.05, 0) is 67.6 Å². The molecule has 1 N–H and O–H groups in total. The van der Waals surface area contributed by atoms with Gasteiger partial charge in [-0.1, -0.05) is 23.9 Å². The van der Waals surface area contributed by atoms with Crippen molar-refractivity contribution in [2.45, 2.75) is 12.1 Å². The summed E-state index contributed by atoms with van der Waals surface area (Å²) in [5.41, 5.74) is 3.04. The maximum absolute atomic E-state index is 12.5. The van der Waals surface area contributed by atoms with Crippen molar-refractivity contribution in [2.24, 2.45) is 0 Å². The van der Waals surface area contributed by atoms with Crippen LogP contribution in [0.2, 0.25) is 0 Å². The lowest BCUT2D eigenvalue weighted by atomic mass is 10.2. The molecule has 0 saturated heterocycles. The van der Waals surface area contributed by atoms with Crippen LogP contribution in [0.25, 0.3) is 16.7 Å². The number of fused-ring (bicyclic) bond motifs is 1. The summed E-state index contributed by atoms with van der Waals surface area (Å²) in [7, 11) is 1.55. The first-order valence-corrected chi connectivity index (χ1v) is 11.4. The van der Waals surface area contributed by atoms with Crippen molar-refractivity contribution in [1.29, 1.82) is 0 Å². The Kier molecular flexibility index (Phi) is 6.95. The molecule has 0 aliphatic heterocycles. The fraction of sp³-hybridized carbons (Fsp3) is 0.160. The van der Waals surface area contributed by atoms with Crippen LogP contribution in [0.4, 0.5) is 0 Å². The van der Waals surface area contributed by atoms with Gasteiger partial charge in [-0.3, -0.25) is 19.5 Å². The van der Waals surface area contributed by atoms with Crippen LogP contribution in [-0.4, -0.2) is 40.8 Å². The average molecular weight is 462 g/mol. The summed E-state index contributed by atoms with van der Waals surface area (Å²) < 4.78 is 12.6. The molecule has 4 aromatic rings. The van der Waals surface area contributed by atoms with E-state index in [-0.39, 0.29) is 5.75 Å². The monoisotopic (exact) mass is 461 g/mol. The van der Waals surface area contributed by atoms with Gasteiger partial charge in [-0.15, -0.1) is 0 Å². The van der Waals surface area contributed by atoms with E-state index in [0.29, 0.717) is 23.1 Å². The molecular formula is C25H23N3O4S. The van der Waals surface area contributed by atoms with E-state index in [1.165, 1.54) is 11.8 Å². The molecule has 0 saturated carbocycles. The number of carbonyl (C=O) groups excluding carboxylic acids is 2. The van der Waals surface area contributed by atoms with Gasteiger partial charge in [0.25, 0.3) is 5.91 Å². The third kappa shape index (κ3) is 5.18. The third-order valence-electron chi connectivity index (χ3n) is 4.87. The molecule has 0 atom stereocenters. The highest BCUT2D eigenvalue weighted by Gasteiger charge is 2.16. The van der Waals surface area contributed by atoms with Crippen molar-refractivity contribution in [1.82, 2.24) is 14.9 Å². The standard InChI is InChI=1S/C25H23N3O4S/c1-3-32-20-14-10-18(11-15-20)28-22-7-5-4-6-21(22)26-25(28)33-16-23(29)27-24(30)17-8-12-19(31-2)13-9-17/h4-15H,3,16H2,1-2H3,(H,27,29,30). The zero-order valence-electron chi connectivity index (χ0n) is 18.3. The van der Waals surface area contributed by atoms with E-state index in [2.05, 4.69) is 5.32 Å². The van der Waals surface area contributed by atoms with Crippen LogP contribution < -0.4 is 14.8 Å². The normalized spacial score (nSPS) is 10.7. The number of amides is 2. The summed E-state index contributed by atoms with van der Waals surface area (Å²) in [6.07, 6.45) is 0. The highest BCUT2D eigenvalue weighted by Crippen LogP contribution is 2.29. The molecule has 7 nitrogen and oxygen atoms in total. The first-order chi connectivity index (χ1) is 16.1. The van der Waals surface area contributed by atoms with Crippen LogP contribution in [0.15, 0.2) is 78.0 Å². The number of para-hydroxylation sites is 2. The molecule has 0 unspecified atom stereocenters. The smallest absolute Gasteiger partial charge is 0.257 e. The largest absolute Gasteiger partial charge is 0.497 e. The molecule has 2 amide bonds. The van der Waals surface area contributed by atoms with E-state index in [1.54, 1.807) is 31.4 Å². The molecule has 0 fully saturated rings. The van der Waals surface area contributed by atoms with Crippen LogP contribution in [0.3, 0.4) is 0 Å². The summed E-state index contributed by atoms with van der Waals surface area (Å²) in [6.45, 7) is 2.54. The number of nitrogens with one attached hydrogen (secondary N) is 1. The summed E-state index contributed by atoms with van der Waals surface area (Å²) in [5, 5.41) is 3.08. The molecule has 0 spiro atoms. The van der Waals surface area contributed by atoms with Crippen molar-refractivity contribution in [2.75, 3.05) is 19.5 Å². The summed E-state index contributed by atoms with van der Waals surface area (Å²) in [6, 6.07) is 22.1. The van der Waals surface area contributed by atoms with Crippen molar-refractivity contribution < 1.29 is 19.1 Å². The topological polar surface area (TPSA) is 82.5 Å². The molecule has 168 valence electrons. The molecule has 1 aromatic heterocycles. The minimum Gasteiger partial charge on any atom is -0.497 e. The zero-order valence-corrected chi connectivity index (χ0v) is 19.1. The first-order valence-electron chi connectivity index (χ1n) is 10.4. The highest BCUT2D eigenvalue weighted by atomic mass is 32.2. The van der Waals surface area contributed by atoms with Gasteiger partial charge in [0.15, 0.2) is 5.16 Å². The Morgan fingerprint density at radius 2 is 1.67 bits per heavy atom. The molecule has 33 heavy (non-hydrogen) atoms. The van der Waals surface area contributed by atoms with Crippen LogP contribution in [0.1, 0.15) is 17.3 Å². The van der Waals surface area contributed by atoms with Crippen molar-refractivity contribution in [3.8, 4) is 17.2 Å². The van der Waals surface area contributed by atoms with E-state index in [1.807, 2.05) is 60.0 Å². The molecule has 3 aromatic carbocycles. The van der Waals surface area contributed by atoms with Crippen LogP contribution in [0, 0.1) is 0 Å². The number of hydrogen-bond acceptors (Lipinski definition) is 6. The minimum absolute atomic E-state index is 0.0439.